The van der Waals surface area contributed by atoms with Crippen molar-refractivity contribution in [2.75, 3.05) is 6.54 Å². The zero-order valence-electron chi connectivity index (χ0n) is 17.4. The Morgan fingerprint density at radius 2 is 1.77 bits per heavy atom. The Hall–Kier alpha value is -2.10. The highest BCUT2D eigenvalue weighted by atomic mass is 35.5. The number of carbonyl (C=O) groups is 1. The first kappa shape index (κ1) is 19.8. The van der Waals surface area contributed by atoms with E-state index in [9.17, 15) is 4.79 Å². The third-order valence-electron chi connectivity index (χ3n) is 6.95. The molecule has 0 radical (unpaired) electrons. The zero-order chi connectivity index (χ0) is 20.5. The highest BCUT2D eigenvalue weighted by Gasteiger charge is 2.40. The lowest BCUT2D eigenvalue weighted by Gasteiger charge is -2.35. The van der Waals surface area contributed by atoms with Crippen LogP contribution in [0.25, 0.3) is 0 Å². The first-order valence-electron chi connectivity index (χ1n) is 11.3. The zero-order valence-corrected chi connectivity index (χ0v) is 18.1. The molecule has 30 heavy (non-hydrogen) atoms. The van der Waals surface area contributed by atoms with Crippen LogP contribution in [0.4, 0.5) is 0 Å². The van der Waals surface area contributed by atoms with Crippen LogP contribution in [0.1, 0.15) is 61.3 Å². The smallest absolute Gasteiger partial charge is 0.251 e. The molecule has 5 rings (SSSR count). The van der Waals surface area contributed by atoms with Crippen molar-refractivity contribution >= 4 is 17.5 Å². The lowest BCUT2D eigenvalue weighted by molar-refractivity contribution is -0.127. The third kappa shape index (κ3) is 3.81. The summed E-state index contributed by atoms with van der Waals surface area (Å²) in [6.45, 7) is 0.736. The van der Waals surface area contributed by atoms with Gasteiger partial charge in [-0.25, -0.2) is 0 Å². The molecule has 0 saturated carbocycles. The van der Waals surface area contributed by atoms with Crippen LogP contribution in [0.15, 0.2) is 59.7 Å². The summed E-state index contributed by atoms with van der Waals surface area (Å²) in [4.78, 5) is 15.4. The molecule has 156 valence electrons. The molecule has 2 aliphatic carbocycles. The number of fused-ring (bicyclic) bond motifs is 1. The molecule has 4 heteroatoms. The van der Waals surface area contributed by atoms with Crippen LogP contribution in [0.3, 0.4) is 0 Å². The minimum absolute atomic E-state index is 0.0382. The van der Waals surface area contributed by atoms with Gasteiger partial charge in [-0.15, -0.1) is 0 Å². The van der Waals surface area contributed by atoms with E-state index in [1.165, 1.54) is 35.1 Å². The van der Waals surface area contributed by atoms with Gasteiger partial charge in [-0.1, -0.05) is 48.0 Å². The molecule has 0 fully saturated rings. The maximum Gasteiger partial charge on any atom is 0.251 e. The lowest BCUT2D eigenvalue weighted by Crippen LogP contribution is -2.48. The van der Waals surface area contributed by atoms with Gasteiger partial charge in [-0.05, 0) is 85.8 Å². The molecule has 3 aliphatic rings. The fourth-order valence-electron chi connectivity index (χ4n) is 5.39. The van der Waals surface area contributed by atoms with Crippen molar-refractivity contribution in [1.29, 1.82) is 0 Å². The number of nitrogens with one attached hydrogen (secondary N) is 1. The van der Waals surface area contributed by atoms with Crippen molar-refractivity contribution in [3.05, 3.63) is 81.4 Å². The Morgan fingerprint density at radius 3 is 2.63 bits per heavy atom. The normalized spacial score (nSPS) is 23.5. The van der Waals surface area contributed by atoms with E-state index >= 15 is 0 Å². The van der Waals surface area contributed by atoms with Gasteiger partial charge in [-0.3, -0.25) is 10.1 Å². The average Bonchev–Trinajstić information content (AvgIpc) is 3.05. The fourth-order valence-corrected chi connectivity index (χ4v) is 5.52. The van der Waals surface area contributed by atoms with E-state index in [0.717, 1.165) is 55.7 Å². The molecule has 1 N–H and O–H groups in total. The van der Waals surface area contributed by atoms with Crippen molar-refractivity contribution in [2.45, 2.75) is 63.6 Å². The maximum absolute atomic E-state index is 13.3. The highest BCUT2D eigenvalue weighted by molar-refractivity contribution is 6.30. The average molecular weight is 421 g/mol. The summed E-state index contributed by atoms with van der Waals surface area (Å²) in [6.07, 6.45) is 8.69. The van der Waals surface area contributed by atoms with Crippen LogP contribution in [0.5, 0.6) is 0 Å². The van der Waals surface area contributed by atoms with E-state index in [1.807, 2.05) is 12.1 Å². The van der Waals surface area contributed by atoms with Crippen molar-refractivity contribution in [3.8, 4) is 0 Å². The van der Waals surface area contributed by atoms with E-state index in [1.54, 1.807) is 0 Å². The van der Waals surface area contributed by atoms with Crippen molar-refractivity contribution < 1.29 is 4.79 Å². The Kier molecular flexibility index (Phi) is 5.66. The van der Waals surface area contributed by atoms with Crippen LogP contribution in [-0.2, 0) is 17.6 Å². The maximum atomic E-state index is 13.3. The Balaban J connectivity index is 1.39. The topological polar surface area (TPSA) is 32.3 Å². The standard InChI is InChI=1S/C26H29ClN2O/c27-20-14-12-18(13-15-20)16-17-29-25(22-9-3-4-10-23(22)26(29)30)28-24-11-5-7-19-6-1-2-8-21(19)24/h1-2,6,8,12-15,24-25,28H,3-5,7,9-11,16-17H2/t24-,25+/m1/s1. The molecule has 0 saturated heterocycles. The van der Waals surface area contributed by atoms with E-state index < -0.39 is 0 Å². The predicted octanol–water partition coefficient (Wildman–Crippen LogP) is 5.59. The summed E-state index contributed by atoms with van der Waals surface area (Å²) in [5.74, 6) is 0.250. The van der Waals surface area contributed by atoms with Gasteiger partial charge in [0.25, 0.3) is 5.91 Å². The van der Waals surface area contributed by atoms with Crippen LogP contribution in [0.2, 0.25) is 5.02 Å². The van der Waals surface area contributed by atoms with E-state index in [0.29, 0.717) is 6.04 Å². The van der Waals surface area contributed by atoms with Crippen molar-refractivity contribution in [2.24, 2.45) is 0 Å². The quantitative estimate of drug-likeness (QED) is 0.683. The summed E-state index contributed by atoms with van der Waals surface area (Å²) < 4.78 is 0. The predicted molar refractivity (Wildman–Crippen MR) is 121 cm³/mol. The molecule has 1 heterocycles. The van der Waals surface area contributed by atoms with Gasteiger partial charge in [0.2, 0.25) is 0 Å². The van der Waals surface area contributed by atoms with Crippen molar-refractivity contribution in [3.63, 3.8) is 0 Å². The molecule has 2 aromatic carbocycles. The van der Waals surface area contributed by atoms with Gasteiger partial charge in [0.05, 0.1) is 0 Å². The van der Waals surface area contributed by atoms with Gasteiger partial charge in [0, 0.05) is 23.2 Å². The monoisotopic (exact) mass is 420 g/mol. The second-order valence-electron chi connectivity index (χ2n) is 8.80. The van der Waals surface area contributed by atoms with Crippen molar-refractivity contribution in [1.82, 2.24) is 10.2 Å². The molecular formula is C26H29ClN2O. The van der Waals surface area contributed by atoms with Crippen LogP contribution < -0.4 is 5.32 Å². The molecule has 0 aromatic heterocycles. The molecule has 2 aromatic rings. The Bertz CT molecular complexity index is 965. The molecule has 0 spiro atoms. The molecule has 0 bridgehead atoms. The summed E-state index contributed by atoms with van der Waals surface area (Å²) in [6, 6.07) is 17.1. The lowest BCUT2D eigenvalue weighted by atomic mass is 9.86. The summed E-state index contributed by atoms with van der Waals surface area (Å²) >= 11 is 6.04. The summed E-state index contributed by atoms with van der Waals surface area (Å²) in [5, 5.41) is 4.68. The number of rotatable bonds is 5. The number of aryl methyl sites for hydroxylation is 1. The SMILES string of the molecule is O=C1C2=C(CCCC2)[C@@H](N[C@@H]2CCCc3ccccc32)N1CCc1ccc(Cl)cc1. The first-order valence-corrected chi connectivity index (χ1v) is 11.7. The largest absolute Gasteiger partial charge is 0.319 e. The third-order valence-corrected chi connectivity index (χ3v) is 7.21. The van der Waals surface area contributed by atoms with Gasteiger partial charge < -0.3 is 4.90 Å². The number of hydrogen-bond acceptors (Lipinski definition) is 2. The Morgan fingerprint density at radius 1 is 0.967 bits per heavy atom. The Labute approximate surface area is 184 Å². The van der Waals surface area contributed by atoms with Gasteiger partial charge in [-0.2, -0.15) is 0 Å². The molecule has 3 nitrogen and oxygen atoms in total. The molecular weight excluding hydrogens is 392 g/mol. The van der Waals surface area contributed by atoms with Crippen LogP contribution >= 0.6 is 11.6 Å². The minimum atomic E-state index is 0.0382. The number of hydrogen-bond donors (Lipinski definition) is 1. The van der Waals surface area contributed by atoms with Gasteiger partial charge >= 0.3 is 0 Å². The summed E-state index contributed by atoms with van der Waals surface area (Å²) in [5.41, 5.74) is 6.53. The second kappa shape index (κ2) is 8.56. The molecule has 2 atom stereocenters. The molecule has 0 unspecified atom stereocenters. The number of carbonyl (C=O) groups excluding carboxylic acids is 1. The minimum Gasteiger partial charge on any atom is -0.319 e. The number of benzene rings is 2. The van der Waals surface area contributed by atoms with Gasteiger partial charge in [0.1, 0.15) is 6.17 Å². The van der Waals surface area contributed by atoms with E-state index in [2.05, 4.69) is 46.6 Å². The van der Waals surface area contributed by atoms with Crippen LogP contribution in [0, 0.1) is 0 Å². The number of nitrogens with zero attached hydrogens (tertiary/aromatic N) is 1. The summed E-state index contributed by atoms with van der Waals surface area (Å²) in [7, 11) is 0. The highest BCUT2D eigenvalue weighted by Crippen LogP contribution is 2.38. The van der Waals surface area contributed by atoms with Gasteiger partial charge in [0.15, 0.2) is 0 Å². The first-order chi connectivity index (χ1) is 14.7. The van der Waals surface area contributed by atoms with E-state index in [4.69, 9.17) is 11.6 Å². The second-order valence-corrected chi connectivity index (χ2v) is 9.24. The molecule has 1 amide bonds. The number of halogens is 1. The molecule has 1 aliphatic heterocycles. The van der Waals surface area contributed by atoms with Crippen LogP contribution in [-0.4, -0.2) is 23.5 Å². The number of amides is 1. The fraction of sp³-hybridized carbons (Fsp3) is 0.423. The van der Waals surface area contributed by atoms with E-state index in [-0.39, 0.29) is 12.1 Å².